The molecule has 0 unspecified atom stereocenters. The number of hydrogen-bond donors (Lipinski definition) is 2. The number of aliphatic carboxylic acids is 1. The van der Waals surface area contributed by atoms with Crippen LogP contribution < -0.4 is 16.6 Å². The number of carboxylic acids is 1. The lowest BCUT2D eigenvalue weighted by atomic mass is 9.91. The zero-order valence-electron chi connectivity index (χ0n) is 15.9. The standard InChI is InChI=1S/C12H13N.C9H17NO3/c1-9(13)11-8-4-6-10-5-2-3-7-12(10)11;1-6(2)3-7(4-8(10)11)5-9(12)13/h2-9H,13H2,1H3;6-7H,3-5H2,1-2H3,(H2,10,11)(H,12,13)/t9-;7-/m10/s1. The smallest absolute Gasteiger partial charge is 0.217 e. The van der Waals surface area contributed by atoms with E-state index in [2.05, 4.69) is 55.1 Å². The molecule has 5 N–H and O–H groups in total. The second kappa shape index (κ2) is 10.6. The van der Waals surface area contributed by atoms with Crippen molar-refractivity contribution in [3.8, 4) is 0 Å². The topological polar surface area (TPSA) is 111 Å². The van der Waals surface area contributed by atoms with E-state index in [1.54, 1.807) is 0 Å². The van der Waals surface area contributed by atoms with Crippen LogP contribution in [0.4, 0.5) is 0 Å². The molecule has 2 aromatic rings. The lowest BCUT2D eigenvalue weighted by molar-refractivity contribution is -0.420. The predicted octanol–water partition coefficient (Wildman–Crippen LogP) is 1.81. The van der Waals surface area contributed by atoms with E-state index in [-0.39, 0.29) is 18.8 Å². The maximum absolute atomic E-state index is 10.6. The van der Waals surface area contributed by atoms with E-state index in [1.807, 2.05) is 13.8 Å². The van der Waals surface area contributed by atoms with E-state index in [4.69, 9.17) is 5.73 Å². The Morgan fingerprint density at radius 3 is 2.19 bits per heavy atom. The van der Waals surface area contributed by atoms with Crippen molar-refractivity contribution in [3.63, 3.8) is 0 Å². The van der Waals surface area contributed by atoms with E-state index in [0.29, 0.717) is 18.4 Å². The van der Waals surface area contributed by atoms with Crippen LogP contribution in [0.5, 0.6) is 0 Å². The fourth-order valence-corrected chi connectivity index (χ4v) is 3.11. The summed E-state index contributed by atoms with van der Waals surface area (Å²) in [5.41, 5.74) is 10.4. The number of fused-ring (bicyclic) bond motifs is 1. The lowest BCUT2D eigenvalue weighted by Crippen LogP contribution is -2.51. The second-order valence-electron chi connectivity index (χ2n) is 7.21. The summed E-state index contributed by atoms with van der Waals surface area (Å²) in [6, 6.07) is 15.2. The molecule has 5 nitrogen and oxygen atoms in total. The number of carbonyl (C=O) groups excluding carboxylic acids is 2. The highest BCUT2D eigenvalue weighted by Crippen LogP contribution is 2.21. The number of quaternary nitrogens is 1. The summed E-state index contributed by atoms with van der Waals surface area (Å²) in [5, 5.41) is 12.9. The molecular formula is C21H30N2O3. The molecular weight excluding hydrogens is 328 g/mol. The van der Waals surface area contributed by atoms with Gasteiger partial charge in [0.2, 0.25) is 5.91 Å². The summed E-state index contributed by atoms with van der Waals surface area (Å²) in [7, 11) is 0. The number of nitrogens with two attached hydrogens (primary N) is 1. The lowest BCUT2D eigenvalue weighted by Gasteiger charge is -2.17. The average molecular weight is 358 g/mol. The van der Waals surface area contributed by atoms with Crippen LogP contribution in [0.15, 0.2) is 42.5 Å². The van der Waals surface area contributed by atoms with Crippen molar-refractivity contribution in [2.75, 3.05) is 0 Å². The van der Waals surface area contributed by atoms with Crippen LogP contribution in [-0.2, 0) is 9.59 Å². The molecule has 0 heterocycles. The minimum atomic E-state index is -1.12. The van der Waals surface area contributed by atoms with Gasteiger partial charge in [0.05, 0.1) is 0 Å². The van der Waals surface area contributed by atoms with Gasteiger partial charge in [0, 0.05) is 18.0 Å². The van der Waals surface area contributed by atoms with Crippen molar-refractivity contribution in [2.24, 2.45) is 17.6 Å². The molecule has 0 spiro atoms. The predicted molar refractivity (Wildman–Crippen MR) is 102 cm³/mol. The van der Waals surface area contributed by atoms with Crippen molar-refractivity contribution >= 4 is 22.6 Å². The van der Waals surface area contributed by atoms with Gasteiger partial charge in [-0.25, -0.2) is 0 Å². The van der Waals surface area contributed by atoms with Crippen LogP contribution in [-0.4, -0.2) is 11.9 Å². The molecule has 2 atom stereocenters. The maximum atomic E-state index is 10.6. The Morgan fingerprint density at radius 1 is 1.04 bits per heavy atom. The van der Waals surface area contributed by atoms with E-state index in [0.717, 1.165) is 0 Å². The first-order valence-corrected chi connectivity index (χ1v) is 8.99. The molecule has 0 aliphatic rings. The molecule has 2 rings (SSSR count). The molecule has 0 aliphatic heterocycles. The molecule has 0 radical (unpaired) electrons. The summed E-state index contributed by atoms with van der Waals surface area (Å²) in [5.74, 6) is -1.38. The highest BCUT2D eigenvalue weighted by Gasteiger charge is 2.13. The summed E-state index contributed by atoms with van der Waals surface area (Å²) >= 11 is 0. The molecule has 142 valence electrons. The Balaban J connectivity index is 0.000000260. The molecule has 0 saturated heterocycles. The Kier molecular flexibility index (Phi) is 8.79. The molecule has 5 heteroatoms. The van der Waals surface area contributed by atoms with Gasteiger partial charge in [-0.05, 0) is 42.4 Å². The second-order valence-corrected chi connectivity index (χ2v) is 7.21. The SMILES string of the molecule is CC(C)C[C@@H](CC(N)=O)CC(=O)[O-].C[C@@H]([NH3+])c1cccc2ccccc12. The van der Waals surface area contributed by atoms with Crippen LogP contribution in [0, 0.1) is 11.8 Å². The van der Waals surface area contributed by atoms with E-state index in [1.165, 1.54) is 16.3 Å². The molecule has 1 amide bonds. The third kappa shape index (κ3) is 7.66. The molecule has 0 aliphatic carbocycles. The van der Waals surface area contributed by atoms with Crippen molar-refractivity contribution in [3.05, 3.63) is 48.0 Å². The van der Waals surface area contributed by atoms with Gasteiger partial charge >= 0.3 is 0 Å². The molecule has 26 heavy (non-hydrogen) atoms. The number of amides is 1. The number of primary amides is 1. The Morgan fingerprint density at radius 2 is 1.65 bits per heavy atom. The molecule has 2 aromatic carbocycles. The highest BCUT2D eigenvalue weighted by molar-refractivity contribution is 5.85. The maximum Gasteiger partial charge on any atom is 0.217 e. The van der Waals surface area contributed by atoms with Gasteiger partial charge in [0.1, 0.15) is 6.04 Å². The zero-order chi connectivity index (χ0) is 19.7. The Hall–Kier alpha value is -2.40. The van der Waals surface area contributed by atoms with E-state index >= 15 is 0 Å². The van der Waals surface area contributed by atoms with Gasteiger partial charge in [-0.15, -0.1) is 0 Å². The first-order chi connectivity index (χ1) is 12.2. The fourth-order valence-electron chi connectivity index (χ4n) is 3.11. The molecule has 0 bridgehead atoms. The van der Waals surface area contributed by atoms with Crippen molar-refractivity contribution in [1.82, 2.24) is 0 Å². The van der Waals surface area contributed by atoms with Gasteiger partial charge in [0.25, 0.3) is 0 Å². The minimum absolute atomic E-state index is 0.0822. The van der Waals surface area contributed by atoms with Gasteiger partial charge in [-0.3, -0.25) is 4.79 Å². The highest BCUT2D eigenvalue weighted by atomic mass is 16.4. The van der Waals surface area contributed by atoms with Crippen LogP contribution in [0.25, 0.3) is 10.8 Å². The van der Waals surface area contributed by atoms with Gasteiger partial charge in [-0.2, -0.15) is 0 Å². The normalized spacial score (nSPS) is 13.0. The molecule has 0 fully saturated rings. The first-order valence-electron chi connectivity index (χ1n) is 8.99. The fraction of sp³-hybridized carbons (Fsp3) is 0.429. The molecule has 0 saturated carbocycles. The van der Waals surface area contributed by atoms with Crippen molar-refractivity contribution in [2.45, 2.75) is 46.1 Å². The van der Waals surface area contributed by atoms with E-state index < -0.39 is 11.9 Å². The Bertz CT molecular complexity index is 705. The van der Waals surface area contributed by atoms with Crippen molar-refractivity contribution < 1.29 is 20.4 Å². The monoisotopic (exact) mass is 358 g/mol. The number of rotatable bonds is 7. The molecule has 0 aromatic heterocycles. The number of carboxylic acid groups (broad SMARTS) is 1. The summed E-state index contributed by atoms with van der Waals surface area (Å²) < 4.78 is 0. The van der Waals surface area contributed by atoms with Crippen LogP contribution >= 0.6 is 0 Å². The van der Waals surface area contributed by atoms with Crippen LogP contribution in [0.1, 0.15) is 51.6 Å². The quantitative estimate of drug-likeness (QED) is 0.787. The summed E-state index contributed by atoms with van der Waals surface area (Å²) in [6.07, 6.45) is 0.740. The van der Waals surface area contributed by atoms with Gasteiger partial charge in [0.15, 0.2) is 0 Å². The van der Waals surface area contributed by atoms with Crippen molar-refractivity contribution in [1.29, 1.82) is 0 Å². The van der Waals surface area contributed by atoms with Gasteiger partial charge in [-0.1, -0.05) is 56.3 Å². The Labute approximate surface area is 155 Å². The third-order valence-electron chi connectivity index (χ3n) is 4.10. The largest absolute Gasteiger partial charge is 0.550 e. The first kappa shape index (κ1) is 21.6. The van der Waals surface area contributed by atoms with Crippen LogP contribution in [0.3, 0.4) is 0 Å². The van der Waals surface area contributed by atoms with Gasteiger partial charge < -0.3 is 21.4 Å². The average Bonchev–Trinajstić information content (AvgIpc) is 2.52. The zero-order valence-corrected chi connectivity index (χ0v) is 15.9. The van der Waals surface area contributed by atoms with E-state index in [9.17, 15) is 14.7 Å². The summed E-state index contributed by atoms with van der Waals surface area (Å²) in [4.78, 5) is 20.9. The number of hydrogen-bond acceptors (Lipinski definition) is 3. The number of carbonyl (C=O) groups is 2. The third-order valence-corrected chi connectivity index (χ3v) is 4.10. The summed E-state index contributed by atoms with van der Waals surface area (Å²) in [6.45, 7) is 6.08. The number of benzene rings is 2. The minimum Gasteiger partial charge on any atom is -0.550 e. The van der Waals surface area contributed by atoms with Crippen LogP contribution in [0.2, 0.25) is 0 Å².